The standard InChI is InChI=1S/C7H13NO3/c1-4-11-7(9)6(8-10)5(2)3/h5,10H,4H2,1-3H3. The van der Waals surface area contributed by atoms with Crippen molar-refractivity contribution in [3.05, 3.63) is 0 Å². The van der Waals surface area contributed by atoms with Gasteiger partial charge in [0.15, 0.2) is 5.71 Å². The first-order valence-electron chi connectivity index (χ1n) is 3.52. The minimum atomic E-state index is -0.551. The molecule has 0 saturated heterocycles. The maximum absolute atomic E-state index is 10.9. The molecule has 0 unspecified atom stereocenters. The summed E-state index contributed by atoms with van der Waals surface area (Å²) in [6.07, 6.45) is 0. The molecule has 0 radical (unpaired) electrons. The van der Waals surface area contributed by atoms with Crippen LogP contribution in [0.3, 0.4) is 0 Å². The Morgan fingerprint density at radius 2 is 2.18 bits per heavy atom. The average molecular weight is 159 g/mol. The molecule has 0 aromatic rings. The number of hydrogen-bond acceptors (Lipinski definition) is 4. The van der Waals surface area contributed by atoms with Gasteiger partial charge in [0.05, 0.1) is 6.61 Å². The number of esters is 1. The molecule has 0 bridgehead atoms. The topological polar surface area (TPSA) is 58.9 Å². The van der Waals surface area contributed by atoms with E-state index in [1.165, 1.54) is 0 Å². The second kappa shape index (κ2) is 4.71. The molecule has 0 aliphatic heterocycles. The molecule has 0 amide bonds. The number of carbonyl (C=O) groups excluding carboxylic acids is 1. The number of ether oxygens (including phenoxy) is 1. The van der Waals surface area contributed by atoms with E-state index in [0.29, 0.717) is 6.61 Å². The molecule has 4 nitrogen and oxygen atoms in total. The van der Waals surface area contributed by atoms with Gasteiger partial charge in [0.25, 0.3) is 0 Å². The lowest BCUT2D eigenvalue weighted by atomic mass is 10.1. The van der Waals surface area contributed by atoms with Crippen molar-refractivity contribution < 1.29 is 14.7 Å². The summed E-state index contributed by atoms with van der Waals surface area (Å²) in [4.78, 5) is 10.9. The number of oxime groups is 1. The zero-order valence-electron chi connectivity index (χ0n) is 7.00. The summed E-state index contributed by atoms with van der Waals surface area (Å²) >= 11 is 0. The van der Waals surface area contributed by atoms with E-state index in [0.717, 1.165) is 0 Å². The molecule has 0 saturated carbocycles. The molecule has 1 N–H and O–H groups in total. The lowest BCUT2D eigenvalue weighted by molar-refractivity contribution is -0.135. The Morgan fingerprint density at radius 3 is 2.45 bits per heavy atom. The predicted octanol–water partition coefficient (Wildman–Crippen LogP) is 1.04. The van der Waals surface area contributed by atoms with Crippen molar-refractivity contribution in [2.24, 2.45) is 11.1 Å². The quantitative estimate of drug-likeness (QED) is 0.289. The summed E-state index contributed by atoms with van der Waals surface area (Å²) < 4.78 is 4.63. The van der Waals surface area contributed by atoms with E-state index in [-0.39, 0.29) is 11.6 Å². The Morgan fingerprint density at radius 1 is 1.64 bits per heavy atom. The van der Waals surface area contributed by atoms with Crippen LogP contribution in [0.2, 0.25) is 0 Å². The van der Waals surface area contributed by atoms with Crippen LogP contribution < -0.4 is 0 Å². The van der Waals surface area contributed by atoms with Crippen LogP contribution >= 0.6 is 0 Å². The zero-order chi connectivity index (χ0) is 8.85. The maximum Gasteiger partial charge on any atom is 0.356 e. The lowest BCUT2D eigenvalue weighted by Crippen LogP contribution is -2.22. The van der Waals surface area contributed by atoms with E-state index in [1.54, 1.807) is 20.8 Å². The van der Waals surface area contributed by atoms with Gasteiger partial charge in [0, 0.05) is 5.92 Å². The molecular weight excluding hydrogens is 146 g/mol. The van der Waals surface area contributed by atoms with Crippen LogP contribution in [0.5, 0.6) is 0 Å². The minimum absolute atomic E-state index is 0.0619. The van der Waals surface area contributed by atoms with Crippen LogP contribution in [-0.4, -0.2) is 23.5 Å². The second-order valence-electron chi connectivity index (χ2n) is 2.36. The molecule has 0 aliphatic carbocycles. The first kappa shape index (κ1) is 9.94. The van der Waals surface area contributed by atoms with Gasteiger partial charge in [-0.15, -0.1) is 0 Å². The Labute approximate surface area is 65.8 Å². The lowest BCUT2D eigenvalue weighted by Gasteiger charge is -2.05. The second-order valence-corrected chi connectivity index (χ2v) is 2.36. The van der Waals surface area contributed by atoms with Crippen molar-refractivity contribution in [1.82, 2.24) is 0 Å². The highest BCUT2D eigenvalue weighted by atomic mass is 16.5. The van der Waals surface area contributed by atoms with E-state index < -0.39 is 5.97 Å². The van der Waals surface area contributed by atoms with E-state index in [2.05, 4.69) is 9.89 Å². The number of carbonyl (C=O) groups is 1. The van der Waals surface area contributed by atoms with Crippen molar-refractivity contribution in [1.29, 1.82) is 0 Å². The third-order valence-electron chi connectivity index (χ3n) is 1.14. The molecule has 0 aromatic carbocycles. The van der Waals surface area contributed by atoms with Gasteiger partial charge >= 0.3 is 5.97 Å². The van der Waals surface area contributed by atoms with Gasteiger partial charge in [0.1, 0.15) is 0 Å². The highest BCUT2D eigenvalue weighted by Gasteiger charge is 2.16. The Kier molecular flexibility index (Phi) is 4.26. The van der Waals surface area contributed by atoms with Gasteiger partial charge in [-0.25, -0.2) is 4.79 Å². The zero-order valence-corrected chi connectivity index (χ0v) is 7.00. The van der Waals surface area contributed by atoms with Crippen LogP contribution in [-0.2, 0) is 9.53 Å². The highest BCUT2D eigenvalue weighted by molar-refractivity contribution is 6.36. The fourth-order valence-corrected chi connectivity index (χ4v) is 0.597. The normalized spacial score (nSPS) is 11.8. The maximum atomic E-state index is 10.9. The number of nitrogens with zero attached hydrogens (tertiary/aromatic N) is 1. The van der Waals surface area contributed by atoms with Crippen molar-refractivity contribution >= 4 is 11.7 Å². The fraction of sp³-hybridized carbons (Fsp3) is 0.714. The van der Waals surface area contributed by atoms with Crippen LogP contribution in [0.4, 0.5) is 0 Å². The van der Waals surface area contributed by atoms with Crippen LogP contribution in [0, 0.1) is 5.92 Å². The fourth-order valence-electron chi connectivity index (χ4n) is 0.597. The SMILES string of the molecule is CCOC(=O)C(=NO)C(C)C. The smallest absolute Gasteiger partial charge is 0.356 e. The molecule has 0 rings (SSSR count). The summed E-state index contributed by atoms with van der Waals surface area (Å²) in [6, 6.07) is 0. The number of rotatable bonds is 3. The van der Waals surface area contributed by atoms with Crippen LogP contribution in [0.25, 0.3) is 0 Å². The predicted molar refractivity (Wildman–Crippen MR) is 40.7 cm³/mol. The molecule has 0 heterocycles. The van der Waals surface area contributed by atoms with Gasteiger partial charge in [-0.2, -0.15) is 0 Å². The highest BCUT2D eigenvalue weighted by Crippen LogP contribution is 1.98. The van der Waals surface area contributed by atoms with Gasteiger partial charge in [-0.1, -0.05) is 19.0 Å². The van der Waals surface area contributed by atoms with Gasteiger partial charge < -0.3 is 9.94 Å². The molecule has 0 spiro atoms. The number of hydrogen-bond donors (Lipinski definition) is 1. The van der Waals surface area contributed by atoms with Gasteiger partial charge in [-0.3, -0.25) is 0 Å². The van der Waals surface area contributed by atoms with Crippen LogP contribution in [0.15, 0.2) is 5.16 Å². The Bertz CT molecular complexity index is 163. The monoisotopic (exact) mass is 159 g/mol. The summed E-state index contributed by atoms with van der Waals surface area (Å²) in [7, 11) is 0. The molecule has 4 heteroatoms. The Balaban J connectivity index is 4.17. The first-order valence-corrected chi connectivity index (χ1v) is 3.52. The molecule has 0 atom stereocenters. The molecule has 11 heavy (non-hydrogen) atoms. The van der Waals surface area contributed by atoms with Crippen molar-refractivity contribution in [3.63, 3.8) is 0 Å². The molecule has 0 aromatic heterocycles. The van der Waals surface area contributed by atoms with Crippen molar-refractivity contribution in [2.75, 3.05) is 6.61 Å². The largest absolute Gasteiger partial charge is 0.461 e. The van der Waals surface area contributed by atoms with Crippen LogP contribution in [0.1, 0.15) is 20.8 Å². The van der Waals surface area contributed by atoms with Crippen molar-refractivity contribution in [3.8, 4) is 0 Å². The summed E-state index contributed by atoms with van der Waals surface area (Å²) in [6.45, 7) is 5.51. The van der Waals surface area contributed by atoms with Gasteiger partial charge in [-0.05, 0) is 6.92 Å². The van der Waals surface area contributed by atoms with Gasteiger partial charge in [0.2, 0.25) is 0 Å². The molecule has 0 fully saturated rings. The molecule has 0 aliphatic rings. The third kappa shape index (κ3) is 3.02. The van der Waals surface area contributed by atoms with E-state index in [1.807, 2.05) is 0 Å². The summed E-state index contributed by atoms with van der Waals surface area (Å²) in [5, 5.41) is 11.2. The summed E-state index contributed by atoms with van der Waals surface area (Å²) in [5.41, 5.74) is 0.0619. The van der Waals surface area contributed by atoms with E-state index in [9.17, 15) is 4.79 Å². The van der Waals surface area contributed by atoms with Crippen molar-refractivity contribution in [2.45, 2.75) is 20.8 Å². The summed E-state index contributed by atoms with van der Waals surface area (Å²) in [5.74, 6) is -0.663. The minimum Gasteiger partial charge on any atom is -0.461 e. The molecule has 64 valence electrons. The van der Waals surface area contributed by atoms with E-state index in [4.69, 9.17) is 5.21 Å². The third-order valence-corrected chi connectivity index (χ3v) is 1.14. The molecular formula is C7H13NO3. The first-order chi connectivity index (χ1) is 5.13. The Hall–Kier alpha value is -1.06. The van der Waals surface area contributed by atoms with E-state index >= 15 is 0 Å². The average Bonchev–Trinajstić information content (AvgIpc) is 1.88.